The highest BCUT2D eigenvalue weighted by molar-refractivity contribution is 5.59. The van der Waals surface area contributed by atoms with Gasteiger partial charge in [0.25, 0.3) is 0 Å². The second-order valence-corrected chi connectivity index (χ2v) is 4.42. The number of nitrogens with zero attached hydrogens (tertiary/aromatic N) is 2. The summed E-state index contributed by atoms with van der Waals surface area (Å²) in [7, 11) is 0. The van der Waals surface area contributed by atoms with E-state index in [0.717, 1.165) is 17.2 Å². The highest BCUT2D eigenvalue weighted by Gasteiger charge is 2.33. The van der Waals surface area contributed by atoms with Crippen molar-refractivity contribution in [2.75, 3.05) is 11.1 Å². The van der Waals surface area contributed by atoms with Gasteiger partial charge < -0.3 is 11.1 Å². The molecule has 0 fully saturated rings. The Bertz CT molecular complexity index is 638. The first kappa shape index (κ1) is 14.1. The largest absolute Gasteiger partial charge is 0.433 e. The normalized spacial score (nSPS) is 11.4. The monoisotopic (exact) mass is 282 g/mol. The van der Waals surface area contributed by atoms with Crippen LogP contribution in [0.25, 0.3) is 0 Å². The summed E-state index contributed by atoms with van der Waals surface area (Å²) < 4.78 is 37.9. The molecule has 1 aromatic carbocycles. The number of nitrogens with two attached hydrogens (primary N) is 1. The van der Waals surface area contributed by atoms with E-state index in [2.05, 4.69) is 15.3 Å². The molecule has 20 heavy (non-hydrogen) atoms. The van der Waals surface area contributed by atoms with Gasteiger partial charge >= 0.3 is 6.18 Å². The van der Waals surface area contributed by atoms with Crippen molar-refractivity contribution in [3.05, 3.63) is 41.1 Å². The van der Waals surface area contributed by atoms with Gasteiger partial charge in [-0.15, -0.1) is 0 Å². The molecule has 2 aromatic rings. The van der Waals surface area contributed by atoms with Gasteiger partial charge in [0.05, 0.1) is 0 Å². The van der Waals surface area contributed by atoms with Gasteiger partial charge in [-0.2, -0.15) is 18.2 Å². The van der Waals surface area contributed by atoms with Crippen LogP contribution in [0, 0.1) is 13.8 Å². The zero-order valence-electron chi connectivity index (χ0n) is 10.9. The lowest BCUT2D eigenvalue weighted by Crippen LogP contribution is -2.12. The number of aromatic nitrogens is 2. The summed E-state index contributed by atoms with van der Waals surface area (Å²) in [6.45, 7) is 3.86. The molecule has 2 rings (SSSR count). The van der Waals surface area contributed by atoms with Crippen LogP contribution in [0.4, 0.5) is 30.6 Å². The molecule has 0 saturated carbocycles. The SMILES string of the molecule is Cc1ccc(Nc2cc(C(F)(F)F)nc(N)n2)cc1C. The van der Waals surface area contributed by atoms with Gasteiger partial charge in [-0.25, -0.2) is 4.98 Å². The zero-order valence-corrected chi connectivity index (χ0v) is 10.9. The van der Waals surface area contributed by atoms with Crippen molar-refractivity contribution in [2.24, 2.45) is 0 Å². The van der Waals surface area contributed by atoms with Crippen molar-refractivity contribution in [2.45, 2.75) is 20.0 Å². The predicted octanol–water partition coefficient (Wildman–Crippen LogP) is 3.44. The number of anilines is 3. The molecule has 0 bridgehead atoms. The van der Waals surface area contributed by atoms with Crippen LogP contribution >= 0.6 is 0 Å². The van der Waals surface area contributed by atoms with Gasteiger partial charge in [-0.05, 0) is 37.1 Å². The zero-order chi connectivity index (χ0) is 14.9. The fraction of sp³-hybridized carbons (Fsp3) is 0.231. The molecule has 0 amide bonds. The van der Waals surface area contributed by atoms with Crippen LogP contribution in [0.5, 0.6) is 0 Å². The molecular weight excluding hydrogens is 269 g/mol. The van der Waals surface area contributed by atoms with Gasteiger partial charge in [-0.1, -0.05) is 6.07 Å². The smallest absolute Gasteiger partial charge is 0.368 e. The number of hydrogen-bond acceptors (Lipinski definition) is 4. The van der Waals surface area contributed by atoms with Gasteiger partial charge in [0.15, 0.2) is 5.69 Å². The summed E-state index contributed by atoms with van der Waals surface area (Å²) in [5, 5.41) is 2.79. The minimum absolute atomic E-state index is 0.00748. The number of hydrogen-bond donors (Lipinski definition) is 2. The number of aryl methyl sites for hydroxylation is 2. The Morgan fingerprint density at radius 2 is 1.75 bits per heavy atom. The second-order valence-electron chi connectivity index (χ2n) is 4.42. The maximum absolute atomic E-state index is 12.6. The lowest BCUT2D eigenvalue weighted by atomic mass is 10.1. The summed E-state index contributed by atoms with van der Waals surface area (Å²) in [6.07, 6.45) is -4.56. The van der Waals surface area contributed by atoms with Crippen LogP contribution in [0.15, 0.2) is 24.3 Å². The lowest BCUT2D eigenvalue weighted by Gasteiger charge is -2.11. The maximum atomic E-state index is 12.6. The molecule has 3 N–H and O–H groups in total. The van der Waals surface area contributed by atoms with E-state index in [-0.39, 0.29) is 5.82 Å². The third-order valence-corrected chi connectivity index (χ3v) is 2.81. The number of benzene rings is 1. The van der Waals surface area contributed by atoms with E-state index in [4.69, 9.17) is 5.73 Å². The van der Waals surface area contributed by atoms with E-state index in [9.17, 15) is 13.2 Å². The Balaban J connectivity index is 2.33. The minimum atomic E-state index is -4.56. The van der Waals surface area contributed by atoms with Crippen LogP contribution in [-0.2, 0) is 6.18 Å². The average Bonchev–Trinajstić information content (AvgIpc) is 2.32. The molecule has 1 aromatic heterocycles. The highest BCUT2D eigenvalue weighted by Crippen LogP contribution is 2.30. The van der Waals surface area contributed by atoms with Crippen LogP contribution in [0.2, 0.25) is 0 Å². The van der Waals surface area contributed by atoms with E-state index in [1.165, 1.54) is 0 Å². The van der Waals surface area contributed by atoms with E-state index < -0.39 is 17.8 Å². The Kier molecular flexibility index (Phi) is 3.52. The van der Waals surface area contributed by atoms with E-state index in [1.54, 1.807) is 6.07 Å². The number of alkyl halides is 3. The molecule has 4 nitrogen and oxygen atoms in total. The van der Waals surface area contributed by atoms with Gasteiger partial charge in [0, 0.05) is 11.8 Å². The van der Waals surface area contributed by atoms with E-state index in [0.29, 0.717) is 5.69 Å². The molecule has 0 spiro atoms. The molecule has 0 aliphatic carbocycles. The summed E-state index contributed by atoms with van der Waals surface area (Å²) in [6, 6.07) is 6.27. The molecular formula is C13H13F3N4. The molecule has 7 heteroatoms. The van der Waals surface area contributed by atoms with Crippen molar-refractivity contribution in [1.82, 2.24) is 9.97 Å². The maximum Gasteiger partial charge on any atom is 0.433 e. The highest BCUT2D eigenvalue weighted by atomic mass is 19.4. The third kappa shape index (κ3) is 3.17. The fourth-order valence-corrected chi connectivity index (χ4v) is 1.64. The fourth-order valence-electron chi connectivity index (χ4n) is 1.64. The molecule has 0 aliphatic rings. The summed E-state index contributed by atoms with van der Waals surface area (Å²) in [5.41, 5.74) is 6.98. The Morgan fingerprint density at radius 1 is 1.05 bits per heavy atom. The molecule has 106 valence electrons. The first-order chi connectivity index (χ1) is 9.25. The van der Waals surface area contributed by atoms with Gasteiger partial charge in [0.2, 0.25) is 5.95 Å². The summed E-state index contributed by atoms with van der Waals surface area (Å²) >= 11 is 0. The first-order valence-corrected chi connectivity index (χ1v) is 5.82. The Morgan fingerprint density at radius 3 is 2.35 bits per heavy atom. The van der Waals surface area contributed by atoms with Crippen molar-refractivity contribution in [3.63, 3.8) is 0 Å². The minimum Gasteiger partial charge on any atom is -0.368 e. The molecule has 0 aliphatic heterocycles. The van der Waals surface area contributed by atoms with Crippen LogP contribution in [-0.4, -0.2) is 9.97 Å². The summed E-state index contributed by atoms with van der Waals surface area (Å²) in [4.78, 5) is 6.93. The van der Waals surface area contributed by atoms with Crippen molar-refractivity contribution >= 4 is 17.5 Å². The molecule has 0 saturated heterocycles. The van der Waals surface area contributed by atoms with E-state index in [1.807, 2.05) is 26.0 Å². The topological polar surface area (TPSA) is 63.8 Å². The number of nitrogen functional groups attached to an aromatic ring is 1. The average molecular weight is 282 g/mol. The predicted molar refractivity (Wildman–Crippen MR) is 70.6 cm³/mol. The van der Waals surface area contributed by atoms with Crippen molar-refractivity contribution in [1.29, 1.82) is 0 Å². The van der Waals surface area contributed by atoms with Crippen LogP contribution in [0.3, 0.4) is 0 Å². The first-order valence-electron chi connectivity index (χ1n) is 5.82. The van der Waals surface area contributed by atoms with Crippen LogP contribution < -0.4 is 11.1 Å². The van der Waals surface area contributed by atoms with E-state index >= 15 is 0 Å². The number of halogens is 3. The van der Waals surface area contributed by atoms with Gasteiger partial charge in [-0.3, -0.25) is 0 Å². The second kappa shape index (κ2) is 4.99. The van der Waals surface area contributed by atoms with Gasteiger partial charge in [0.1, 0.15) is 5.82 Å². The van der Waals surface area contributed by atoms with Crippen molar-refractivity contribution in [3.8, 4) is 0 Å². The number of rotatable bonds is 2. The molecule has 0 radical (unpaired) electrons. The standard InChI is InChI=1S/C13H13F3N4/c1-7-3-4-9(5-8(7)2)18-11-6-10(13(14,15)16)19-12(17)20-11/h3-6H,1-2H3,(H3,17,18,19,20). The molecule has 0 atom stereocenters. The third-order valence-electron chi connectivity index (χ3n) is 2.81. The quantitative estimate of drug-likeness (QED) is 0.885. The lowest BCUT2D eigenvalue weighted by molar-refractivity contribution is -0.141. The molecule has 0 unspecified atom stereocenters. The van der Waals surface area contributed by atoms with Crippen molar-refractivity contribution < 1.29 is 13.2 Å². The Labute approximate surface area is 113 Å². The van der Waals surface area contributed by atoms with Crippen LogP contribution in [0.1, 0.15) is 16.8 Å². The summed E-state index contributed by atoms with van der Waals surface area (Å²) in [5.74, 6) is -0.417. The Hall–Kier alpha value is -2.31. The number of nitrogens with one attached hydrogen (secondary N) is 1. The molecule has 1 heterocycles.